The molecule has 5 fully saturated rings. The maximum absolute atomic E-state index is 17.4. The van der Waals surface area contributed by atoms with Gasteiger partial charge in [0.05, 0.1) is 37.9 Å². The quantitative estimate of drug-likeness (QED) is 0.0430. The third-order valence-electron chi connectivity index (χ3n) is 27.7. The summed E-state index contributed by atoms with van der Waals surface area (Å²) < 4.78 is 59.5. The Morgan fingerprint density at radius 3 is 1.85 bits per heavy atom. The average molecular weight is 1950 g/mol. The summed E-state index contributed by atoms with van der Waals surface area (Å²) in [6.07, 6.45) is -13.8. The van der Waals surface area contributed by atoms with Gasteiger partial charge in [-0.05, 0) is 132 Å². The molecule has 25 N–H and O–H groups in total. The van der Waals surface area contributed by atoms with E-state index in [-0.39, 0.29) is 82.1 Å². The molecule has 14 aliphatic rings. The van der Waals surface area contributed by atoms with Gasteiger partial charge >= 0.3 is 5.97 Å². The molecule has 138 heavy (non-hydrogen) atoms. The number of phenols is 2. The standard InChI is InChI=1S/C95H118ClN9O33/c1-6-7-8-9-10-11-12-13-14-15-65(114)100-73-78(118)75(115)62(35-107)133-90(73)137-83-60-29-47-30-61(83)132-58-23-19-48(31-53(58)96)95(138-91-74(98-42(5)110)79(119)76(116)63(36-108)134-91)38-94(95)93(129)104-72(89(127)128)52-33-56(113)41(4)82(136-92-81(121)80(120)77(117)64(37-109)135-92)67(52)66-40(3)51(20-17-45(66)34-106)71(88(126)105-94)103-87(125)70(47)102-86(124)69-46-26-49(111)32-50(27-46)130-59-28-44(18-21-55(59)112)68(97)85(123)99-54(84(122)101-69)25-43-16-22-57(131-60)39(2)24-43/h17-21,23-24,26-30,32-33,40-41,53-54,56,62-64,66,68-81,90-92,106-109,111-113,115-121H,6-16,22,25,31,34-38,97H2,1-5H3,(H,98,110)(H,99,123)(H,100,114)(H,101,122)(H,102,124)(H,103,125)(H,104,129)(H,105,126)(H,127,128)/t40?,41?,53-,54+,56?,62?,63?,64?,66?,68+,69-,70+,71+,72-,73?,74?,75+,76+,77+,78?,79?,80?,81?,90-,91-,92+,94+,95-/m0/s1. The number of aliphatic hydroxyl groups excluding tert-OH is 12. The van der Waals surface area contributed by atoms with Crippen molar-refractivity contribution in [1.82, 2.24) is 42.5 Å². The summed E-state index contributed by atoms with van der Waals surface area (Å²) in [5.74, 6) is -19.9. The van der Waals surface area contributed by atoms with Gasteiger partial charge < -0.3 is 167 Å². The number of carbonyl (C=O) groups is 9. The minimum atomic E-state index is -2.90. The molecule has 9 heterocycles. The molecule has 1 spiro atoms. The third-order valence-corrected chi connectivity index (χ3v) is 28.1. The van der Waals surface area contributed by atoms with Gasteiger partial charge in [0.2, 0.25) is 65.6 Å². The Kier molecular flexibility index (Phi) is 31.0. The summed E-state index contributed by atoms with van der Waals surface area (Å²) in [5, 5.41) is 193. The number of carboxylic acid groups (broad SMARTS) is 1. The molecule has 0 radical (unpaired) electrons. The van der Waals surface area contributed by atoms with E-state index in [2.05, 4.69) is 49.5 Å². The number of amides is 8. The van der Waals surface area contributed by atoms with E-state index in [4.69, 9.17) is 60.0 Å². The summed E-state index contributed by atoms with van der Waals surface area (Å²) >= 11 is 7.77. The Labute approximate surface area is 795 Å². The molecule has 9 aliphatic heterocycles. The molecular formula is C95H118ClN9O33. The van der Waals surface area contributed by atoms with Crippen molar-refractivity contribution in [1.29, 1.82) is 0 Å². The van der Waals surface area contributed by atoms with Gasteiger partial charge in [0.25, 0.3) is 0 Å². The van der Waals surface area contributed by atoms with Crippen molar-refractivity contribution >= 4 is 64.8 Å². The maximum Gasteiger partial charge on any atom is 0.330 e. The monoisotopic (exact) mass is 1950 g/mol. The van der Waals surface area contributed by atoms with Crippen LogP contribution in [0.25, 0.3) is 0 Å². The predicted molar refractivity (Wildman–Crippen MR) is 479 cm³/mol. The fourth-order valence-corrected chi connectivity index (χ4v) is 20.3. The lowest BCUT2D eigenvalue weighted by molar-refractivity contribution is -0.293. The summed E-state index contributed by atoms with van der Waals surface area (Å²) in [5.41, 5.74) is -0.0483. The summed E-state index contributed by atoms with van der Waals surface area (Å²) in [4.78, 5) is 141. The van der Waals surface area contributed by atoms with Crippen LogP contribution in [0, 0.1) is 17.8 Å². The zero-order valence-corrected chi connectivity index (χ0v) is 76.8. The van der Waals surface area contributed by atoms with Crippen LogP contribution in [0.5, 0.6) is 40.2 Å². The number of unbranched alkanes of at least 4 members (excludes halogenated alkanes) is 8. The van der Waals surface area contributed by atoms with Crippen molar-refractivity contribution in [3.8, 4) is 40.2 Å². The lowest BCUT2D eigenvalue weighted by Gasteiger charge is -2.45. The first-order valence-corrected chi connectivity index (χ1v) is 46.7. The number of phenolic OH excluding ortho intramolecular Hbond substituents is 2. The zero-order chi connectivity index (χ0) is 99.1. The van der Waals surface area contributed by atoms with Crippen LogP contribution in [-0.2, 0) is 66.8 Å². The minimum Gasteiger partial charge on any atom is -0.508 e. The topological polar surface area (TPSA) is 662 Å². The van der Waals surface area contributed by atoms with Crippen molar-refractivity contribution < 1.29 is 162 Å². The molecule has 4 saturated heterocycles. The Hall–Kier alpha value is -11.0. The van der Waals surface area contributed by atoms with Crippen LogP contribution in [0.4, 0.5) is 0 Å². The lowest BCUT2D eigenvalue weighted by Crippen LogP contribution is -2.67. The number of alkyl halides is 1. The third kappa shape index (κ3) is 20.4. The molecule has 17 bridgehead atoms. The first-order valence-electron chi connectivity index (χ1n) is 46.3. The van der Waals surface area contributed by atoms with Gasteiger partial charge in [-0.3, -0.25) is 38.4 Å². The molecule has 0 aromatic heterocycles. The van der Waals surface area contributed by atoms with E-state index in [0.29, 0.717) is 24.0 Å². The lowest BCUT2D eigenvalue weighted by atomic mass is 9.67. The highest BCUT2D eigenvalue weighted by Gasteiger charge is 2.78. The molecule has 748 valence electrons. The Balaban J connectivity index is 0.984. The van der Waals surface area contributed by atoms with Gasteiger partial charge in [0, 0.05) is 49.7 Å². The van der Waals surface area contributed by atoms with E-state index in [0.717, 1.165) is 76.1 Å². The number of nitrogens with two attached hydrogens (primary N) is 1. The Bertz CT molecular complexity index is 5480. The van der Waals surface area contributed by atoms with Gasteiger partial charge in [-0.2, -0.15) is 0 Å². The maximum atomic E-state index is 17.4. The molecule has 43 heteroatoms. The van der Waals surface area contributed by atoms with Crippen molar-refractivity contribution in [3.05, 3.63) is 158 Å². The van der Waals surface area contributed by atoms with Gasteiger partial charge in [0.1, 0.15) is 138 Å². The minimum absolute atomic E-state index is 0.0211. The fourth-order valence-electron chi connectivity index (χ4n) is 20.0. The second-order valence-electron chi connectivity index (χ2n) is 37.1. The largest absolute Gasteiger partial charge is 0.508 e. The molecule has 8 amide bonds. The van der Waals surface area contributed by atoms with Crippen molar-refractivity contribution in [3.63, 3.8) is 0 Å². The summed E-state index contributed by atoms with van der Waals surface area (Å²) in [7, 11) is 0. The Morgan fingerprint density at radius 2 is 1.21 bits per heavy atom. The van der Waals surface area contributed by atoms with Gasteiger partial charge in [0.15, 0.2) is 40.9 Å². The highest BCUT2D eigenvalue weighted by Crippen LogP contribution is 2.61. The SMILES string of the molecule is CCCCCCCCCCCC(=O)NC1C(O)[C@H](O)C(CO)O[C@H]1Oc1c2cc3cc1OC1=C(C)C=C(CC1)C[C@H]1NC(=O)[C@H](N)c4ccc(O)c(c4)Oc4cc(O)cc(c4)[C@H](NC1=O)C(=O)N[C@H]3C(=O)N[C@H]1C(=O)N[C@]3(C[C@]3(O[C@@H]3OC(CO)[C@@H](O)C(O)C3NC(C)=O)C3=CC=C(O2)[C@@H](Cl)C3)C(=O)N[C@H](C(=O)O)C2=CC(O)C(C)C(O[C@H]3OC(CO)[C@@H](O)C(O)C3O)=C2C2C(CO)=CC=C1C2C. The van der Waals surface area contributed by atoms with Crippen LogP contribution in [0.1, 0.15) is 166 Å². The number of hydrogen-bond donors (Lipinski definition) is 24. The second-order valence-corrected chi connectivity index (χ2v) is 37.6. The van der Waals surface area contributed by atoms with Crippen molar-refractivity contribution in [2.24, 2.45) is 23.5 Å². The molecule has 28 atom stereocenters. The molecule has 1 saturated carbocycles. The van der Waals surface area contributed by atoms with Gasteiger partial charge in [-0.1, -0.05) is 108 Å². The number of hydrogen-bond acceptors (Lipinski definition) is 33. The number of allylic oxidation sites excluding steroid dienone is 8. The number of carboxylic acids is 1. The van der Waals surface area contributed by atoms with E-state index in [9.17, 15) is 95.8 Å². The number of aliphatic hydroxyl groups is 12. The summed E-state index contributed by atoms with van der Waals surface area (Å²) in [6.45, 7) is 3.60. The molecule has 3 aromatic carbocycles. The number of benzene rings is 3. The molecule has 5 aliphatic carbocycles. The van der Waals surface area contributed by atoms with E-state index < -0.39 is 307 Å². The van der Waals surface area contributed by atoms with E-state index in [1.807, 2.05) is 0 Å². The van der Waals surface area contributed by atoms with Crippen LogP contribution in [0.2, 0.25) is 0 Å². The van der Waals surface area contributed by atoms with Crippen LogP contribution < -0.4 is 67.2 Å². The number of fused-ring (bicyclic) bond motifs is 14. The van der Waals surface area contributed by atoms with Gasteiger partial charge in [-0.25, -0.2) is 4.79 Å². The normalized spacial score (nSPS) is 34.7. The highest BCUT2D eigenvalue weighted by molar-refractivity contribution is 6.22. The van der Waals surface area contributed by atoms with Crippen molar-refractivity contribution in [2.75, 3.05) is 26.4 Å². The second kappa shape index (κ2) is 42.2. The van der Waals surface area contributed by atoms with E-state index in [1.165, 1.54) is 68.5 Å². The number of nitrogens with one attached hydrogen (secondary N) is 8. The van der Waals surface area contributed by atoms with Gasteiger partial charge in [-0.15, -0.1) is 11.6 Å². The smallest absolute Gasteiger partial charge is 0.330 e. The highest BCUT2D eigenvalue weighted by atomic mass is 35.5. The predicted octanol–water partition coefficient (Wildman–Crippen LogP) is -0.239. The molecule has 3 aromatic rings. The molecule has 13 unspecified atom stereocenters. The van der Waals surface area contributed by atoms with Crippen LogP contribution in [0.15, 0.2) is 141 Å². The first-order chi connectivity index (χ1) is 65.8. The fraction of sp³-hybridized carbons (Fsp3) is 0.547. The number of aliphatic carboxylic acids is 1. The van der Waals surface area contributed by atoms with Crippen LogP contribution in [0.3, 0.4) is 0 Å². The molecule has 42 nitrogen and oxygen atoms in total. The first kappa shape index (κ1) is 101. The Morgan fingerprint density at radius 1 is 0.601 bits per heavy atom. The van der Waals surface area contributed by atoms with Crippen molar-refractivity contribution in [2.45, 2.75) is 282 Å². The zero-order valence-electron chi connectivity index (χ0n) is 76.0. The number of carbonyl (C=O) groups excluding carboxylic acids is 8. The molecular weight excluding hydrogens is 1830 g/mol. The number of rotatable bonds is 23. The summed E-state index contributed by atoms with van der Waals surface area (Å²) in [6, 6.07) is -7.00. The van der Waals surface area contributed by atoms with E-state index >= 15 is 24.0 Å². The average Bonchev–Trinajstić information content (AvgIpc) is 1.50. The number of aromatic hydroxyl groups is 2. The molecule has 17 rings (SSSR count). The van der Waals surface area contributed by atoms with Crippen LogP contribution >= 0.6 is 11.6 Å². The number of halogens is 1. The van der Waals surface area contributed by atoms with Crippen LogP contribution in [-0.4, -0.2) is 289 Å². The number of ether oxygens (including phenoxy) is 9. The van der Waals surface area contributed by atoms with E-state index in [1.54, 1.807) is 13.0 Å².